The van der Waals surface area contributed by atoms with Crippen molar-refractivity contribution in [1.29, 1.82) is 0 Å². The number of aromatic nitrogens is 2. The number of benzene rings is 2. The first-order valence-electron chi connectivity index (χ1n) is 8.08. The molecule has 2 aromatic carbocycles. The minimum absolute atomic E-state index is 0.314. The van der Waals surface area contributed by atoms with Crippen molar-refractivity contribution in [2.45, 2.75) is 32.4 Å². The molecular formula is C20H23N3. The summed E-state index contributed by atoms with van der Waals surface area (Å²) in [6.07, 6.45) is 1.90. The lowest BCUT2D eigenvalue weighted by molar-refractivity contribution is 0.498. The van der Waals surface area contributed by atoms with Crippen molar-refractivity contribution in [3.63, 3.8) is 0 Å². The minimum Gasteiger partial charge on any atom is -0.309 e. The van der Waals surface area contributed by atoms with Crippen molar-refractivity contribution in [2.75, 3.05) is 0 Å². The number of aromatic amines is 1. The number of nitrogens with one attached hydrogen (secondary N) is 2. The van der Waals surface area contributed by atoms with Crippen LogP contribution in [0.25, 0.3) is 0 Å². The molecule has 1 atom stereocenters. The summed E-state index contributed by atoms with van der Waals surface area (Å²) in [4.78, 5) is 0. The molecule has 0 saturated heterocycles. The lowest BCUT2D eigenvalue weighted by atomic mass is 9.86. The molecule has 3 rings (SSSR count). The Hall–Kier alpha value is -2.39. The highest BCUT2D eigenvalue weighted by Gasteiger charge is 2.21. The second kappa shape index (κ2) is 7.25. The average Bonchev–Trinajstić information content (AvgIpc) is 3.00. The van der Waals surface area contributed by atoms with Gasteiger partial charge in [-0.25, -0.2) is 0 Å². The number of rotatable bonds is 6. The first kappa shape index (κ1) is 15.5. The number of H-pyrrole nitrogens is 1. The number of hydrogen-bond acceptors (Lipinski definition) is 2. The van der Waals surface area contributed by atoms with Gasteiger partial charge in [-0.15, -0.1) is 0 Å². The summed E-state index contributed by atoms with van der Waals surface area (Å²) in [5.74, 6) is 0.324. The van der Waals surface area contributed by atoms with Crippen molar-refractivity contribution in [2.24, 2.45) is 0 Å². The molecule has 3 nitrogen and oxygen atoms in total. The van der Waals surface area contributed by atoms with E-state index in [1.807, 2.05) is 6.20 Å². The summed E-state index contributed by atoms with van der Waals surface area (Å²) in [5.41, 5.74) is 5.02. The van der Waals surface area contributed by atoms with Gasteiger partial charge in [-0.1, -0.05) is 60.7 Å². The van der Waals surface area contributed by atoms with E-state index in [0.717, 1.165) is 12.2 Å². The molecule has 3 heteroatoms. The van der Waals surface area contributed by atoms with E-state index in [-0.39, 0.29) is 0 Å². The van der Waals surface area contributed by atoms with Crippen molar-refractivity contribution < 1.29 is 0 Å². The molecule has 0 bridgehead atoms. The molecule has 0 amide bonds. The van der Waals surface area contributed by atoms with Gasteiger partial charge in [-0.2, -0.15) is 5.10 Å². The van der Waals surface area contributed by atoms with Gasteiger partial charge in [0, 0.05) is 29.8 Å². The van der Waals surface area contributed by atoms with Crippen LogP contribution in [0.3, 0.4) is 0 Å². The van der Waals surface area contributed by atoms with E-state index in [1.54, 1.807) is 0 Å². The Morgan fingerprint density at radius 2 is 1.52 bits per heavy atom. The Bertz CT molecular complexity index is 679. The van der Waals surface area contributed by atoms with Gasteiger partial charge in [0.2, 0.25) is 0 Å². The molecule has 0 aliphatic rings. The first-order chi connectivity index (χ1) is 11.3. The Morgan fingerprint density at radius 3 is 2.00 bits per heavy atom. The van der Waals surface area contributed by atoms with Gasteiger partial charge in [0.05, 0.1) is 6.20 Å². The number of nitrogens with zero attached hydrogens (tertiary/aromatic N) is 1. The highest BCUT2D eigenvalue weighted by Crippen LogP contribution is 2.28. The van der Waals surface area contributed by atoms with Crippen LogP contribution in [0, 0.1) is 6.92 Å². The van der Waals surface area contributed by atoms with Crippen LogP contribution in [0.4, 0.5) is 0 Å². The molecule has 1 unspecified atom stereocenters. The van der Waals surface area contributed by atoms with Crippen molar-refractivity contribution in [3.05, 3.63) is 89.2 Å². The van der Waals surface area contributed by atoms with E-state index in [9.17, 15) is 0 Å². The number of hydrogen-bond donors (Lipinski definition) is 2. The Kier molecular flexibility index (Phi) is 4.89. The molecule has 1 aromatic heterocycles. The van der Waals surface area contributed by atoms with Crippen LogP contribution in [-0.4, -0.2) is 16.2 Å². The molecule has 0 fully saturated rings. The van der Waals surface area contributed by atoms with Crippen molar-refractivity contribution >= 4 is 0 Å². The van der Waals surface area contributed by atoms with E-state index >= 15 is 0 Å². The Morgan fingerprint density at radius 1 is 0.957 bits per heavy atom. The molecule has 118 valence electrons. The predicted molar refractivity (Wildman–Crippen MR) is 94.4 cm³/mol. The lowest BCUT2D eigenvalue weighted by Gasteiger charge is -2.26. The summed E-state index contributed by atoms with van der Waals surface area (Å²) in [6.45, 7) is 5.13. The van der Waals surface area contributed by atoms with E-state index in [1.165, 1.54) is 16.7 Å². The van der Waals surface area contributed by atoms with Gasteiger partial charge in [0.15, 0.2) is 0 Å². The van der Waals surface area contributed by atoms with Crippen LogP contribution >= 0.6 is 0 Å². The van der Waals surface area contributed by atoms with Crippen molar-refractivity contribution in [1.82, 2.24) is 15.5 Å². The lowest BCUT2D eigenvalue weighted by Crippen LogP contribution is -2.32. The highest BCUT2D eigenvalue weighted by molar-refractivity contribution is 5.34. The normalized spacial score (nSPS) is 12.5. The van der Waals surface area contributed by atoms with E-state index in [0.29, 0.717) is 12.0 Å². The van der Waals surface area contributed by atoms with Gasteiger partial charge in [-0.05, 0) is 25.0 Å². The SMILES string of the molecule is Cc1[nH]ncc1CNC(C)C(c1ccccc1)c1ccccc1. The molecule has 0 saturated carbocycles. The van der Waals surface area contributed by atoms with Crippen LogP contribution in [-0.2, 0) is 6.54 Å². The average molecular weight is 305 g/mol. The maximum absolute atomic E-state index is 4.10. The van der Waals surface area contributed by atoms with Crippen LogP contribution in [0.2, 0.25) is 0 Å². The maximum Gasteiger partial charge on any atom is 0.0535 e. The molecule has 1 heterocycles. The summed E-state index contributed by atoms with van der Waals surface area (Å²) >= 11 is 0. The zero-order chi connectivity index (χ0) is 16.1. The standard InChI is InChI=1S/C20H23N3/c1-15-19(14-22-23-15)13-21-16(2)20(17-9-5-3-6-10-17)18-11-7-4-8-12-18/h3-12,14,16,20-21H,13H2,1-2H3,(H,22,23). The monoisotopic (exact) mass is 305 g/mol. The van der Waals surface area contributed by atoms with Crippen molar-refractivity contribution in [3.8, 4) is 0 Å². The fraction of sp³-hybridized carbons (Fsp3) is 0.250. The summed E-state index contributed by atoms with van der Waals surface area (Å²) in [6, 6.07) is 21.7. The van der Waals surface area contributed by atoms with E-state index < -0.39 is 0 Å². The molecular weight excluding hydrogens is 282 g/mol. The summed E-state index contributed by atoms with van der Waals surface area (Å²) in [5, 5.41) is 10.8. The Labute approximate surface area is 137 Å². The second-order valence-corrected chi connectivity index (χ2v) is 5.99. The quantitative estimate of drug-likeness (QED) is 0.722. The Balaban J connectivity index is 1.82. The minimum atomic E-state index is 0.314. The van der Waals surface area contributed by atoms with Gasteiger partial charge >= 0.3 is 0 Å². The van der Waals surface area contributed by atoms with Crippen LogP contribution in [0.5, 0.6) is 0 Å². The van der Waals surface area contributed by atoms with E-state index in [2.05, 4.69) is 90.0 Å². The first-order valence-corrected chi connectivity index (χ1v) is 8.08. The summed E-state index contributed by atoms with van der Waals surface area (Å²) < 4.78 is 0. The molecule has 0 aliphatic heterocycles. The molecule has 0 spiro atoms. The zero-order valence-corrected chi connectivity index (χ0v) is 13.7. The maximum atomic E-state index is 4.10. The number of aryl methyl sites for hydroxylation is 1. The smallest absolute Gasteiger partial charge is 0.0535 e. The van der Waals surface area contributed by atoms with Crippen LogP contribution in [0.1, 0.15) is 35.2 Å². The van der Waals surface area contributed by atoms with Gasteiger partial charge < -0.3 is 5.32 Å². The fourth-order valence-corrected chi connectivity index (χ4v) is 3.03. The topological polar surface area (TPSA) is 40.7 Å². The molecule has 0 radical (unpaired) electrons. The van der Waals surface area contributed by atoms with Crippen LogP contribution in [0.15, 0.2) is 66.9 Å². The van der Waals surface area contributed by atoms with Gasteiger partial charge in [0.1, 0.15) is 0 Å². The summed E-state index contributed by atoms with van der Waals surface area (Å²) in [7, 11) is 0. The third-order valence-corrected chi connectivity index (χ3v) is 4.37. The zero-order valence-electron chi connectivity index (χ0n) is 13.7. The third-order valence-electron chi connectivity index (χ3n) is 4.37. The van der Waals surface area contributed by atoms with Gasteiger partial charge in [-0.3, -0.25) is 5.10 Å². The van der Waals surface area contributed by atoms with Gasteiger partial charge in [0.25, 0.3) is 0 Å². The molecule has 23 heavy (non-hydrogen) atoms. The highest BCUT2D eigenvalue weighted by atomic mass is 15.1. The molecule has 3 aromatic rings. The largest absolute Gasteiger partial charge is 0.309 e. The van der Waals surface area contributed by atoms with Crippen LogP contribution < -0.4 is 5.32 Å². The fourth-order valence-electron chi connectivity index (χ4n) is 3.03. The predicted octanol–water partition coefficient (Wildman–Crippen LogP) is 4.03. The molecule has 2 N–H and O–H groups in total. The molecule has 0 aliphatic carbocycles. The van der Waals surface area contributed by atoms with E-state index in [4.69, 9.17) is 0 Å². The third kappa shape index (κ3) is 3.69. The second-order valence-electron chi connectivity index (χ2n) is 5.99.